The lowest BCUT2D eigenvalue weighted by Gasteiger charge is -2.15. The summed E-state index contributed by atoms with van der Waals surface area (Å²) in [6.07, 6.45) is 2.05. The molecule has 3 rings (SSSR count). The molecule has 0 aliphatic carbocycles. The van der Waals surface area contributed by atoms with E-state index >= 15 is 0 Å². The van der Waals surface area contributed by atoms with Gasteiger partial charge in [0, 0.05) is 37.5 Å². The largest absolute Gasteiger partial charge is 0.506 e. The topological polar surface area (TPSA) is 99.9 Å². The van der Waals surface area contributed by atoms with E-state index in [1.807, 2.05) is 0 Å². The highest BCUT2D eigenvalue weighted by Crippen LogP contribution is 2.30. The Labute approximate surface area is 160 Å². The summed E-state index contributed by atoms with van der Waals surface area (Å²) in [4.78, 5) is 37.8. The van der Waals surface area contributed by atoms with E-state index in [4.69, 9.17) is 16.0 Å². The number of fused-ring (bicyclic) bond motifs is 1. The number of hydrogen-bond acceptors (Lipinski definition) is 5. The highest BCUT2D eigenvalue weighted by atomic mass is 35.5. The number of amides is 2. The number of phenols is 1. The predicted octanol–water partition coefficient (Wildman–Crippen LogP) is 2.13. The van der Waals surface area contributed by atoms with Gasteiger partial charge in [0.1, 0.15) is 11.3 Å². The van der Waals surface area contributed by atoms with Crippen molar-refractivity contribution in [2.45, 2.75) is 32.6 Å². The summed E-state index contributed by atoms with van der Waals surface area (Å²) >= 11 is 5.93. The van der Waals surface area contributed by atoms with Crippen molar-refractivity contribution in [1.29, 1.82) is 0 Å². The molecule has 1 saturated heterocycles. The summed E-state index contributed by atoms with van der Waals surface area (Å²) in [5.74, 6) is -0.300. The minimum Gasteiger partial charge on any atom is -0.506 e. The Bertz CT molecular complexity index is 953. The lowest BCUT2D eigenvalue weighted by atomic mass is 10.0. The van der Waals surface area contributed by atoms with Gasteiger partial charge in [-0.15, -0.1) is 0 Å². The van der Waals surface area contributed by atoms with E-state index in [0.717, 1.165) is 13.0 Å². The number of hydrogen-bond donors (Lipinski definition) is 2. The normalized spacial score (nSPS) is 14.1. The number of nitrogens with one attached hydrogen (secondary N) is 1. The van der Waals surface area contributed by atoms with Crippen LogP contribution in [0.2, 0.25) is 5.02 Å². The Morgan fingerprint density at radius 2 is 2.15 bits per heavy atom. The Balaban J connectivity index is 1.63. The van der Waals surface area contributed by atoms with Gasteiger partial charge in [-0.05, 0) is 31.4 Å². The molecular formula is C19H21ClN2O5. The van der Waals surface area contributed by atoms with E-state index in [2.05, 4.69) is 5.32 Å². The van der Waals surface area contributed by atoms with Gasteiger partial charge in [-0.2, -0.15) is 0 Å². The van der Waals surface area contributed by atoms with Crippen molar-refractivity contribution in [3.8, 4) is 5.75 Å². The Hall–Kier alpha value is -2.54. The third-order valence-electron chi connectivity index (χ3n) is 4.79. The van der Waals surface area contributed by atoms with Crippen molar-refractivity contribution < 1.29 is 19.1 Å². The van der Waals surface area contributed by atoms with Crippen molar-refractivity contribution in [2.75, 3.05) is 19.6 Å². The second-order valence-electron chi connectivity index (χ2n) is 6.66. The number of likely N-dealkylation sites (tertiary alicyclic amines) is 1. The molecule has 1 fully saturated rings. The van der Waals surface area contributed by atoms with E-state index in [9.17, 15) is 19.5 Å². The van der Waals surface area contributed by atoms with Crippen molar-refractivity contribution in [3.63, 3.8) is 0 Å². The van der Waals surface area contributed by atoms with Gasteiger partial charge in [-0.25, -0.2) is 4.79 Å². The van der Waals surface area contributed by atoms with Crippen molar-refractivity contribution >= 4 is 34.4 Å². The number of benzene rings is 1. The zero-order valence-corrected chi connectivity index (χ0v) is 15.8. The number of aromatic hydroxyl groups is 1. The van der Waals surface area contributed by atoms with E-state index in [-0.39, 0.29) is 40.2 Å². The van der Waals surface area contributed by atoms with Crippen LogP contribution >= 0.6 is 11.6 Å². The molecule has 7 nitrogen and oxygen atoms in total. The number of aryl methyl sites for hydroxylation is 1. The zero-order chi connectivity index (χ0) is 19.6. The first-order valence-corrected chi connectivity index (χ1v) is 9.24. The summed E-state index contributed by atoms with van der Waals surface area (Å²) < 4.78 is 5.22. The molecule has 2 N–H and O–H groups in total. The van der Waals surface area contributed by atoms with Gasteiger partial charge in [0.05, 0.1) is 17.0 Å². The van der Waals surface area contributed by atoms with Crippen LogP contribution in [0, 0.1) is 6.92 Å². The monoisotopic (exact) mass is 392 g/mol. The number of phenolic OH excluding ortho intramolecular Hbond substituents is 1. The zero-order valence-electron chi connectivity index (χ0n) is 15.0. The number of carbonyl (C=O) groups is 2. The highest BCUT2D eigenvalue weighted by molar-refractivity contribution is 6.32. The summed E-state index contributed by atoms with van der Waals surface area (Å²) in [6, 6.07) is 2.80. The first-order valence-electron chi connectivity index (χ1n) is 8.86. The van der Waals surface area contributed by atoms with E-state index in [0.29, 0.717) is 36.9 Å². The molecular weight excluding hydrogens is 372 g/mol. The Kier molecular flexibility index (Phi) is 5.70. The summed E-state index contributed by atoms with van der Waals surface area (Å²) in [6.45, 7) is 3.55. The van der Waals surface area contributed by atoms with Gasteiger partial charge in [0.25, 0.3) is 0 Å². The molecule has 144 valence electrons. The van der Waals surface area contributed by atoms with Crippen LogP contribution in [0.15, 0.2) is 21.3 Å². The first-order chi connectivity index (χ1) is 12.9. The van der Waals surface area contributed by atoms with E-state index < -0.39 is 5.63 Å². The van der Waals surface area contributed by atoms with Crippen molar-refractivity contribution in [1.82, 2.24) is 10.2 Å². The van der Waals surface area contributed by atoms with Gasteiger partial charge in [0.2, 0.25) is 11.8 Å². The number of nitrogens with zero attached hydrogens (tertiary/aromatic N) is 1. The van der Waals surface area contributed by atoms with Gasteiger partial charge in [-0.1, -0.05) is 11.6 Å². The summed E-state index contributed by atoms with van der Waals surface area (Å²) in [7, 11) is 0. The lowest BCUT2D eigenvalue weighted by Crippen LogP contribution is -2.32. The smallest absolute Gasteiger partial charge is 0.340 e. The van der Waals surface area contributed by atoms with E-state index in [1.54, 1.807) is 11.8 Å². The summed E-state index contributed by atoms with van der Waals surface area (Å²) in [5, 5.41) is 13.1. The average Bonchev–Trinajstić information content (AvgIpc) is 3.03. The van der Waals surface area contributed by atoms with Crippen LogP contribution in [-0.4, -0.2) is 41.5 Å². The van der Waals surface area contributed by atoms with Crippen LogP contribution in [0.25, 0.3) is 11.0 Å². The maximum absolute atomic E-state index is 12.2. The Morgan fingerprint density at radius 1 is 1.37 bits per heavy atom. The molecule has 1 aliphatic heterocycles. The Morgan fingerprint density at radius 3 is 2.85 bits per heavy atom. The molecule has 1 aliphatic rings. The van der Waals surface area contributed by atoms with Gasteiger partial charge < -0.3 is 19.7 Å². The first kappa shape index (κ1) is 19.2. The molecule has 2 heterocycles. The SMILES string of the molecule is Cc1c(CC(=O)NCCCN2CCCC2=O)c(=O)oc2cc(O)c(Cl)cc12. The third kappa shape index (κ3) is 4.24. The maximum atomic E-state index is 12.2. The molecule has 0 atom stereocenters. The number of rotatable bonds is 6. The molecule has 0 saturated carbocycles. The molecule has 2 amide bonds. The fourth-order valence-corrected chi connectivity index (χ4v) is 3.43. The molecule has 1 aromatic heterocycles. The fourth-order valence-electron chi connectivity index (χ4n) is 3.26. The van der Waals surface area contributed by atoms with Gasteiger partial charge >= 0.3 is 5.63 Å². The molecule has 0 spiro atoms. The van der Waals surface area contributed by atoms with Gasteiger partial charge in [-0.3, -0.25) is 9.59 Å². The average molecular weight is 393 g/mol. The standard InChI is InChI=1S/C19H21ClN2O5/c1-11-12-8-14(20)15(23)10-16(12)27-19(26)13(11)9-17(24)21-5-3-7-22-6-2-4-18(22)25/h8,10,23H,2-7,9H2,1H3,(H,21,24). The van der Waals surface area contributed by atoms with Crippen LogP contribution < -0.4 is 10.9 Å². The molecule has 8 heteroatoms. The summed E-state index contributed by atoms with van der Waals surface area (Å²) in [5.41, 5.74) is 0.468. The van der Waals surface area contributed by atoms with E-state index in [1.165, 1.54) is 12.1 Å². The molecule has 0 unspecified atom stereocenters. The van der Waals surface area contributed by atoms with Crippen LogP contribution in [0.1, 0.15) is 30.4 Å². The highest BCUT2D eigenvalue weighted by Gasteiger charge is 2.19. The van der Waals surface area contributed by atoms with Crippen LogP contribution in [0.5, 0.6) is 5.75 Å². The number of carbonyl (C=O) groups excluding carboxylic acids is 2. The third-order valence-corrected chi connectivity index (χ3v) is 5.09. The van der Waals surface area contributed by atoms with Crippen molar-refractivity contribution in [2.24, 2.45) is 0 Å². The van der Waals surface area contributed by atoms with Crippen LogP contribution in [0.4, 0.5) is 0 Å². The minimum absolute atomic E-state index is 0.106. The maximum Gasteiger partial charge on any atom is 0.340 e. The van der Waals surface area contributed by atoms with Crippen molar-refractivity contribution in [3.05, 3.63) is 38.7 Å². The molecule has 0 radical (unpaired) electrons. The minimum atomic E-state index is -0.612. The molecule has 1 aromatic carbocycles. The quantitative estimate of drug-likeness (QED) is 0.579. The second kappa shape index (κ2) is 8.00. The van der Waals surface area contributed by atoms with Crippen LogP contribution in [0.3, 0.4) is 0 Å². The lowest BCUT2D eigenvalue weighted by molar-refractivity contribution is -0.127. The van der Waals surface area contributed by atoms with Crippen LogP contribution in [-0.2, 0) is 16.0 Å². The predicted molar refractivity (Wildman–Crippen MR) is 101 cm³/mol. The second-order valence-corrected chi connectivity index (χ2v) is 7.06. The molecule has 0 bridgehead atoms. The molecule has 2 aromatic rings. The fraction of sp³-hybridized carbons (Fsp3) is 0.421. The number of halogens is 1. The molecule has 27 heavy (non-hydrogen) atoms. The van der Waals surface area contributed by atoms with Gasteiger partial charge in [0.15, 0.2) is 0 Å².